The van der Waals surface area contributed by atoms with Gasteiger partial charge in [-0.1, -0.05) is 6.07 Å². The second-order valence-corrected chi connectivity index (χ2v) is 7.47. The van der Waals surface area contributed by atoms with Crippen molar-refractivity contribution in [1.82, 2.24) is 9.71 Å². The normalized spacial score (nSPS) is 13.0. The summed E-state index contributed by atoms with van der Waals surface area (Å²) in [5, 5.41) is 8.99. The fourth-order valence-electron chi connectivity index (χ4n) is 1.78. The second kappa shape index (κ2) is 5.92. The number of nitrogens with one attached hydrogen (secondary N) is 1. The third-order valence-electron chi connectivity index (χ3n) is 2.82. The molecule has 0 aliphatic carbocycles. The Kier molecular flexibility index (Phi) is 4.40. The molecule has 0 saturated heterocycles. The van der Waals surface area contributed by atoms with Crippen LogP contribution in [0, 0.1) is 6.92 Å². The largest absolute Gasteiger partial charge is 0.477 e. The van der Waals surface area contributed by atoms with E-state index < -0.39 is 22.0 Å². The SMILES string of the molecule is Cc1cc(S(=O)(=O)NC(C)c2ccccn2)sc1C(=O)O. The van der Waals surface area contributed by atoms with Gasteiger partial charge in [0, 0.05) is 6.20 Å². The number of hydrogen-bond acceptors (Lipinski definition) is 5. The molecular formula is C13H14N2O4S2. The van der Waals surface area contributed by atoms with Gasteiger partial charge < -0.3 is 5.11 Å². The number of carboxylic acid groups (broad SMARTS) is 1. The van der Waals surface area contributed by atoms with Gasteiger partial charge in [0.05, 0.1) is 11.7 Å². The Morgan fingerprint density at radius 2 is 2.14 bits per heavy atom. The van der Waals surface area contributed by atoms with Gasteiger partial charge in [0.25, 0.3) is 10.0 Å². The fraction of sp³-hybridized carbons (Fsp3) is 0.231. The number of pyridine rings is 1. The lowest BCUT2D eigenvalue weighted by molar-refractivity contribution is 0.0701. The van der Waals surface area contributed by atoms with Gasteiger partial charge in [-0.05, 0) is 37.6 Å². The zero-order valence-corrected chi connectivity index (χ0v) is 13.0. The quantitative estimate of drug-likeness (QED) is 0.878. The molecule has 2 aromatic heterocycles. The van der Waals surface area contributed by atoms with Gasteiger partial charge in [-0.15, -0.1) is 11.3 Å². The van der Waals surface area contributed by atoms with Crippen molar-refractivity contribution in [3.63, 3.8) is 0 Å². The maximum Gasteiger partial charge on any atom is 0.346 e. The molecule has 0 aromatic carbocycles. The first-order valence-corrected chi connectivity index (χ1v) is 8.38. The summed E-state index contributed by atoms with van der Waals surface area (Å²) in [6.07, 6.45) is 1.58. The summed E-state index contributed by atoms with van der Waals surface area (Å²) in [6, 6.07) is 6.08. The monoisotopic (exact) mass is 326 g/mol. The van der Waals surface area contributed by atoms with E-state index in [9.17, 15) is 13.2 Å². The topological polar surface area (TPSA) is 96.4 Å². The zero-order valence-electron chi connectivity index (χ0n) is 11.4. The summed E-state index contributed by atoms with van der Waals surface area (Å²) in [6.45, 7) is 3.25. The molecule has 0 bridgehead atoms. The molecular weight excluding hydrogens is 312 g/mol. The number of hydrogen-bond donors (Lipinski definition) is 2. The summed E-state index contributed by atoms with van der Waals surface area (Å²) >= 11 is 0.741. The predicted octanol–water partition coefficient (Wildman–Crippen LogP) is 2.19. The Morgan fingerprint density at radius 1 is 1.43 bits per heavy atom. The third kappa shape index (κ3) is 3.46. The highest BCUT2D eigenvalue weighted by molar-refractivity contribution is 7.91. The Bertz CT molecular complexity index is 754. The summed E-state index contributed by atoms with van der Waals surface area (Å²) in [4.78, 5) is 15.1. The van der Waals surface area contributed by atoms with Gasteiger partial charge in [-0.3, -0.25) is 4.98 Å². The van der Waals surface area contributed by atoms with E-state index in [0.29, 0.717) is 11.3 Å². The maximum atomic E-state index is 12.3. The smallest absolute Gasteiger partial charge is 0.346 e. The Labute approximate surface area is 126 Å². The van der Waals surface area contributed by atoms with Crippen LogP contribution in [-0.2, 0) is 10.0 Å². The molecule has 1 atom stereocenters. The lowest BCUT2D eigenvalue weighted by Gasteiger charge is -2.12. The maximum absolute atomic E-state index is 12.3. The van der Waals surface area contributed by atoms with Crippen LogP contribution in [0.2, 0.25) is 0 Å². The van der Waals surface area contributed by atoms with Crippen LogP contribution < -0.4 is 4.72 Å². The van der Waals surface area contributed by atoms with Crippen molar-refractivity contribution in [1.29, 1.82) is 0 Å². The molecule has 21 heavy (non-hydrogen) atoms. The summed E-state index contributed by atoms with van der Waals surface area (Å²) < 4.78 is 27.0. The van der Waals surface area contributed by atoms with E-state index >= 15 is 0 Å². The number of aromatic nitrogens is 1. The van der Waals surface area contributed by atoms with E-state index in [1.54, 1.807) is 38.2 Å². The van der Waals surface area contributed by atoms with Gasteiger partial charge in [-0.25, -0.2) is 17.9 Å². The zero-order chi connectivity index (χ0) is 15.6. The van der Waals surface area contributed by atoms with Crippen LogP contribution in [0.25, 0.3) is 0 Å². The van der Waals surface area contributed by atoms with Gasteiger partial charge >= 0.3 is 5.97 Å². The molecule has 6 nitrogen and oxygen atoms in total. The van der Waals surface area contributed by atoms with E-state index in [0.717, 1.165) is 11.3 Å². The molecule has 0 aliphatic heterocycles. The first kappa shape index (κ1) is 15.6. The number of thiophene rings is 1. The predicted molar refractivity (Wildman–Crippen MR) is 79.0 cm³/mol. The van der Waals surface area contributed by atoms with Crippen LogP contribution in [0.1, 0.15) is 33.9 Å². The number of sulfonamides is 1. The molecule has 0 fully saturated rings. The number of carbonyl (C=O) groups is 1. The van der Waals surface area contributed by atoms with E-state index in [-0.39, 0.29) is 9.09 Å². The van der Waals surface area contributed by atoms with Gasteiger partial charge in [0.2, 0.25) is 0 Å². The van der Waals surface area contributed by atoms with Crippen LogP contribution in [0.5, 0.6) is 0 Å². The van der Waals surface area contributed by atoms with E-state index in [1.807, 2.05) is 0 Å². The average Bonchev–Trinajstić information content (AvgIpc) is 2.82. The van der Waals surface area contributed by atoms with E-state index in [1.165, 1.54) is 6.07 Å². The number of rotatable bonds is 5. The first-order chi connectivity index (χ1) is 9.81. The number of nitrogens with zero attached hydrogens (tertiary/aromatic N) is 1. The van der Waals surface area contributed by atoms with Crippen molar-refractivity contribution in [2.75, 3.05) is 0 Å². The van der Waals surface area contributed by atoms with Gasteiger partial charge in [-0.2, -0.15) is 0 Å². The Hall–Kier alpha value is -1.77. The number of carboxylic acids is 1. The van der Waals surface area contributed by atoms with Gasteiger partial charge in [0.1, 0.15) is 9.09 Å². The highest BCUT2D eigenvalue weighted by atomic mass is 32.2. The van der Waals surface area contributed by atoms with Gasteiger partial charge in [0.15, 0.2) is 0 Å². The Balaban J connectivity index is 2.27. The molecule has 0 radical (unpaired) electrons. The van der Waals surface area contributed by atoms with Crippen molar-refractivity contribution in [3.8, 4) is 0 Å². The molecule has 2 N–H and O–H groups in total. The molecule has 2 aromatic rings. The number of aromatic carboxylic acids is 1. The van der Waals surface area contributed by atoms with Crippen molar-refractivity contribution < 1.29 is 18.3 Å². The lowest BCUT2D eigenvalue weighted by Crippen LogP contribution is -2.26. The van der Waals surface area contributed by atoms with Crippen LogP contribution in [-0.4, -0.2) is 24.5 Å². The minimum Gasteiger partial charge on any atom is -0.477 e. The summed E-state index contributed by atoms with van der Waals surface area (Å²) in [5.41, 5.74) is 1.02. The lowest BCUT2D eigenvalue weighted by atomic mass is 10.2. The molecule has 0 saturated carbocycles. The number of aryl methyl sites for hydroxylation is 1. The van der Waals surface area contributed by atoms with Crippen molar-refractivity contribution in [2.45, 2.75) is 24.1 Å². The van der Waals surface area contributed by atoms with Crippen LogP contribution >= 0.6 is 11.3 Å². The van der Waals surface area contributed by atoms with E-state index in [4.69, 9.17) is 5.11 Å². The highest BCUT2D eigenvalue weighted by Gasteiger charge is 2.24. The van der Waals surface area contributed by atoms with E-state index in [2.05, 4.69) is 9.71 Å². The highest BCUT2D eigenvalue weighted by Crippen LogP contribution is 2.27. The summed E-state index contributed by atoms with van der Waals surface area (Å²) in [5.74, 6) is -1.13. The molecule has 2 rings (SSSR count). The minimum absolute atomic E-state index is 0.0137. The fourth-order valence-corrected chi connectivity index (χ4v) is 4.39. The molecule has 0 aliphatic rings. The Morgan fingerprint density at radius 3 is 2.67 bits per heavy atom. The summed E-state index contributed by atoms with van der Waals surface area (Å²) in [7, 11) is -3.78. The van der Waals surface area contributed by atoms with Crippen molar-refractivity contribution in [2.24, 2.45) is 0 Å². The molecule has 1 unspecified atom stereocenters. The minimum atomic E-state index is -3.78. The molecule has 112 valence electrons. The van der Waals surface area contributed by atoms with Crippen LogP contribution in [0.15, 0.2) is 34.7 Å². The van der Waals surface area contributed by atoms with Crippen LogP contribution in [0.3, 0.4) is 0 Å². The molecule has 0 spiro atoms. The second-order valence-electron chi connectivity index (χ2n) is 4.48. The first-order valence-electron chi connectivity index (χ1n) is 6.08. The average molecular weight is 326 g/mol. The van der Waals surface area contributed by atoms with Crippen molar-refractivity contribution >= 4 is 27.3 Å². The van der Waals surface area contributed by atoms with Crippen LogP contribution in [0.4, 0.5) is 0 Å². The molecule has 2 heterocycles. The third-order valence-corrected chi connectivity index (χ3v) is 6.06. The standard InChI is InChI=1S/C13H14N2O4S2/c1-8-7-11(20-12(8)13(16)17)21(18,19)15-9(2)10-5-3-4-6-14-10/h3-7,9,15H,1-2H3,(H,16,17). The molecule has 8 heteroatoms. The molecule has 0 amide bonds. The van der Waals surface area contributed by atoms with Crippen molar-refractivity contribution in [3.05, 3.63) is 46.6 Å².